The molecule has 104 valence electrons. The van der Waals surface area contributed by atoms with Crippen molar-refractivity contribution in [3.63, 3.8) is 0 Å². The Kier molecular flexibility index (Phi) is 4.98. The lowest BCUT2D eigenvalue weighted by Crippen LogP contribution is -2.34. The van der Waals surface area contributed by atoms with E-state index in [-0.39, 0.29) is 6.09 Å². The molecule has 0 aromatic heterocycles. The number of ether oxygens (including phenoxy) is 2. The first kappa shape index (κ1) is 15.1. The van der Waals surface area contributed by atoms with Crippen molar-refractivity contribution in [2.24, 2.45) is 0 Å². The van der Waals surface area contributed by atoms with Crippen molar-refractivity contribution >= 4 is 11.8 Å². The number of carbonyl (C=O) groups excluding carboxylic acids is 1. The van der Waals surface area contributed by atoms with Gasteiger partial charge < -0.3 is 9.47 Å². The molecule has 0 radical (unpaired) electrons. The second kappa shape index (κ2) is 6.27. The molecule has 0 spiro atoms. The molecule has 0 aliphatic heterocycles. The van der Waals surface area contributed by atoms with E-state index >= 15 is 0 Å². The van der Waals surface area contributed by atoms with E-state index in [4.69, 9.17) is 9.47 Å². The number of hydrogen-bond donors (Lipinski definition) is 0. The number of hydrogen-bond acceptors (Lipinski definition) is 3. The topological polar surface area (TPSA) is 38.8 Å². The van der Waals surface area contributed by atoms with E-state index in [0.29, 0.717) is 6.61 Å². The van der Waals surface area contributed by atoms with Gasteiger partial charge in [0.25, 0.3) is 0 Å². The summed E-state index contributed by atoms with van der Waals surface area (Å²) in [6.07, 6.45) is 1.30. The first-order chi connectivity index (χ1) is 8.83. The van der Waals surface area contributed by atoms with Crippen LogP contribution in [0.2, 0.25) is 0 Å². The zero-order valence-electron chi connectivity index (χ0n) is 12.0. The highest BCUT2D eigenvalue weighted by Crippen LogP contribution is 2.20. The summed E-state index contributed by atoms with van der Waals surface area (Å²) in [4.78, 5) is 13.3. The molecule has 0 N–H and O–H groups in total. The highest BCUT2D eigenvalue weighted by molar-refractivity contribution is 5.87. The number of benzene rings is 1. The minimum absolute atomic E-state index is 0.382. The van der Waals surface area contributed by atoms with Crippen molar-refractivity contribution in [2.45, 2.75) is 26.4 Å². The van der Waals surface area contributed by atoms with Crippen LogP contribution in [0.1, 0.15) is 20.8 Å². The summed E-state index contributed by atoms with van der Waals surface area (Å²) in [7, 11) is 1.67. The Hall–Kier alpha value is -1.97. The van der Waals surface area contributed by atoms with E-state index in [1.54, 1.807) is 25.3 Å². The monoisotopic (exact) mass is 263 g/mol. The Balaban J connectivity index is 2.69. The van der Waals surface area contributed by atoms with Crippen LogP contribution in [0.5, 0.6) is 5.75 Å². The fraction of sp³-hybridized carbons (Fsp3) is 0.400. The first-order valence-electron chi connectivity index (χ1n) is 6.14. The molecule has 0 saturated heterocycles. The van der Waals surface area contributed by atoms with Crippen molar-refractivity contribution in [3.05, 3.63) is 36.9 Å². The third-order valence-electron chi connectivity index (χ3n) is 2.26. The maximum atomic E-state index is 11.9. The van der Waals surface area contributed by atoms with Gasteiger partial charge in [0.2, 0.25) is 0 Å². The highest BCUT2D eigenvalue weighted by Gasteiger charge is 2.20. The van der Waals surface area contributed by atoms with Crippen LogP contribution in [0.25, 0.3) is 0 Å². The first-order valence-corrected chi connectivity index (χ1v) is 6.14. The molecule has 0 heterocycles. The minimum Gasteiger partial charge on any atom is -0.490 e. The molecule has 0 atom stereocenters. The molecular formula is C15H21NO3. The Labute approximate surface area is 114 Å². The van der Waals surface area contributed by atoms with E-state index in [0.717, 1.165) is 11.4 Å². The molecule has 0 fully saturated rings. The highest BCUT2D eigenvalue weighted by atomic mass is 16.6. The molecule has 0 saturated carbocycles. The molecule has 4 heteroatoms. The molecule has 1 aromatic rings. The smallest absolute Gasteiger partial charge is 0.414 e. The molecule has 1 amide bonds. The predicted molar refractivity (Wildman–Crippen MR) is 76.8 cm³/mol. The van der Waals surface area contributed by atoms with Gasteiger partial charge in [0.15, 0.2) is 0 Å². The quantitative estimate of drug-likeness (QED) is 0.779. The summed E-state index contributed by atoms with van der Waals surface area (Å²) in [5, 5.41) is 0. The summed E-state index contributed by atoms with van der Waals surface area (Å²) >= 11 is 0. The zero-order valence-corrected chi connectivity index (χ0v) is 12.0. The lowest BCUT2D eigenvalue weighted by molar-refractivity contribution is 0.0589. The van der Waals surface area contributed by atoms with E-state index in [1.807, 2.05) is 32.9 Å². The van der Waals surface area contributed by atoms with Crippen LogP contribution in [0.4, 0.5) is 10.5 Å². The van der Waals surface area contributed by atoms with Crippen LogP contribution in [0.15, 0.2) is 36.9 Å². The third kappa shape index (κ3) is 5.04. The van der Waals surface area contributed by atoms with E-state index in [2.05, 4.69) is 6.58 Å². The number of nitrogens with zero attached hydrogens (tertiary/aromatic N) is 1. The summed E-state index contributed by atoms with van der Waals surface area (Å²) in [6.45, 7) is 9.56. The summed E-state index contributed by atoms with van der Waals surface area (Å²) in [5.74, 6) is 0.737. The lowest BCUT2D eigenvalue weighted by Gasteiger charge is -2.24. The van der Waals surface area contributed by atoms with Gasteiger partial charge in [-0.25, -0.2) is 4.79 Å². The maximum Gasteiger partial charge on any atom is 0.414 e. The van der Waals surface area contributed by atoms with Crippen molar-refractivity contribution in [3.8, 4) is 5.75 Å². The van der Waals surface area contributed by atoms with E-state index < -0.39 is 5.60 Å². The standard InChI is InChI=1S/C15H21NO3/c1-6-11-18-13-9-7-12(8-10-13)16(5)14(17)19-15(2,3)4/h6-10H,1,11H2,2-5H3. The average molecular weight is 263 g/mol. The van der Waals surface area contributed by atoms with Crippen molar-refractivity contribution in [2.75, 3.05) is 18.6 Å². The van der Waals surface area contributed by atoms with Gasteiger partial charge in [-0.1, -0.05) is 12.7 Å². The summed E-state index contributed by atoms with van der Waals surface area (Å²) in [5.41, 5.74) is 0.249. The van der Waals surface area contributed by atoms with Crippen LogP contribution in [-0.2, 0) is 4.74 Å². The number of carbonyl (C=O) groups is 1. The number of anilines is 1. The Morgan fingerprint density at radius 1 is 1.32 bits per heavy atom. The van der Waals surface area contributed by atoms with Crippen molar-refractivity contribution < 1.29 is 14.3 Å². The second-order valence-electron chi connectivity index (χ2n) is 5.13. The van der Waals surface area contributed by atoms with E-state index in [1.165, 1.54) is 4.90 Å². The fourth-order valence-corrected chi connectivity index (χ4v) is 1.36. The molecule has 0 unspecified atom stereocenters. The van der Waals surface area contributed by atoms with Crippen molar-refractivity contribution in [1.82, 2.24) is 0 Å². The molecule has 19 heavy (non-hydrogen) atoms. The predicted octanol–water partition coefficient (Wildman–Crippen LogP) is 3.62. The largest absolute Gasteiger partial charge is 0.490 e. The maximum absolute atomic E-state index is 11.9. The third-order valence-corrected chi connectivity index (χ3v) is 2.26. The van der Waals surface area contributed by atoms with Crippen molar-refractivity contribution in [1.29, 1.82) is 0 Å². The minimum atomic E-state index is -0.502. The Morgan fingerprint density at radius 2 is 1.89 bits per heavy atom. The molecule has 1 rings (SSSR count). The van der Waals surface area contributed by atoms with Crippen LogP contribution in [0.3, 0.4) is 0 Å². The van der Waals surface area contributed by atoms with Crippen LogP contribution < -0.4 is 9.64 Å². The lowest BCUT2D eigenvalue weighted by atomic mass is 10.2. The molecule has 0 bridgehead atoms. The number of amides is 1. The number of rotatable bonds is 4. The van der Waals surface area contributed by atoms with Crippen LogP contribution >= 0.6 is 0 Å². The normalized spacial score (nSPS) is 10.7. The van der Waals surface area contributed by atoms with Gasteiger partial charge in [0.1, 0.15) is 18.0 Å². The molecule has 1 aromatic carbocycles. The molecule has 0 aliphatic carbocycles. The second-order valence-corrected chi connectivity index (χ2v) is 5.13. The van der Waals surface area contributed by atoms with Gasteiger partial charge in [-0.3, -0.25) is 4.90 Å². The fourth-order valence-electron chi connectivity index (χ4n) is 1.36. The molecule has 4 nitrogen and oxygen atoms in total. The van der Waals surface area contributed by atoms with E-state index in [9.17, 15) is 4.79 Å². The molecule has 0 aliphatic rings. The zero-order chi connectivity index (χ0) is 14.5. The van der Waals surface area contributed by atoms with Crippen LogP contribution in [-0.4, -0.2) is 25.3 Å². The van der Waals surface area contributed by atoms with Gasteiger partial charge in [-0.15, -0.1) is 0 Å². The SMILES string of the molecule is C=CCOc1ccc(N(C)C(=O)OC(C)(C)C)cc1. The average Bonchev–Trinajstić information content (AvgIpc) is 2.34. The van der Waals surface area contributed by atoms with Gasteiger partial charge in [0, 0.05) is 12.7 Å². The van der Waals surface area contributed by atoms with Gasteiger partial charge in [-0.05, 0) is 45.0 Å². The van der Waals surface area contributed by atoms with Gasteiger partial charge in [-0.2, -0.15) is 0 Å². The summed E-state index contributed by atoms with van der Waals surface area (Å²) in [6, 6.07) is 7.23. The van der Waals surface area contributed by atoms with Crippen LogP contribution in [0, 0.1) is 0 Å². The molecular weight excluding hydrogens is 242 g/mol. The Morgan fingerprint density at radius 3 is 2.37 bits per heavy atom. The Bertz CT molecular complexity index is 432. The van der Waals surface area contributed by atoms with Gasteiger partial charge in [0.05, 0.1) is 0 Å². The summed E-state index contributed by atoms with van der Waals surface area (Å²) < 4.78 is 10.7. The van der Waals surface area contributed by atoms with Gasteiger partial charge >= 0.3 is 6.09 Å².